The first-order chi connectivity index (χ1) is 10.9. The summed E-state index contributed by atoms with van der Waals surface area (Å²) in [7, 11) is 1.44. The van der Waals surface area contributed by atoms with Crippen LogP contribution in [0.15, 0.2) is 36.4 Å². The molecule has 0 radical (unpaired) electrons. The Kier molecular flexibility index (Phi) is 5.84. The van der Waals surface area contributed by atoms with Gasteiger partial charge in [0.1, 0.15) is 5.75 Å². The molecular formula is C16H14ClIN2O3. The van der Waals surface area contributed by atoms with E-state index in [4.69, 9.17) is 16.3 Å². The molecule has 0 saturated carbocycles. The highest BCUT2D eigenvalue weighted by molar-refractivity contribution is 14.1. The molecule has 2 aromatic carbocycles. The number of hydrazine groups is 1. The molecule has 0 aliphatic heterocycles. The summed E-state index contributed by atoms with van der Waals surface area (Å²) in [5, 5.41) is 0.455. The molecular weight excluding hydrogens is 431 g/mol. The van der Waals surface area contributed by atoms with Gasteiger partial charge in [-0.05, 0) is 59.3 Å². The van der Waals surface area contributed by atoms with E-state index < -0.39 is 5.91 Å². The molecule has 0 atom stereocenters. The van der Waals surface area contributed by atoms with E-state index in [1.54, 1.807) is 18.2 Å². The number of carbonyl (C=O) groups is 2. The summed E-state index contributed by atoms with van der Waals surface area (Å²) in [6.07, 6.45) is 0. The highest BCUT2D eigenvalue weighted by Gasteiger charge is 2.15. The van der Waals surface area contributed by atoms with E-state index in [1.165, 1.54) is 19.2 Å². The minimum absolute atomic E-state index is 0.274. The van der Waals surface area contributed by atoms with Crippen LogP contribution in [0.4, 0.5) is 0 Å². The van der Waals surface area contributed by atoms with E-state index in [9.17, 15) is 9.59 Å². The minimum Gasteiger partial charge on any atom is -0.496 e. The van der Waals surface area contributed by atoms with Crippen LogP contribution in [0.3, 0.4) is 0 Å². The van der Waals surface area contributed by atoms with Crippen LogP contribution in [0.1, 0.15) is 26.3 Å². The number of ether oxygens (including phenoxy) is 1. The van der Waals surface area contributed by atoms with Crippen molar-refractivity contribution in [1.29, 1.82) is 0 Å². The Labute approximate surface area is 152 Å². The molecule has 0 aromatic heterocycles. The maximum absolute atomic E-state index is 12.2. The fraction of sp³-hybridized carbons (Fsp3) is 0.125. The second-order valence-corrected chi connectivity index (χ2v) is 6.20. The minimum atomic E-state index is -0.491. The van der Waals surface area contributed by atoms with Crippen LogP contribution in [-0.4, -0.2) is 18.9 Å². The molecule has 120 valence electrons. The van der Waals surface area contributed by atoms with E-state index in [1.807, 2.05) is 13.0 Å². The summed E-state index contributed by atoms with van der Waals surface area (Å²) in [6, 6.07) is 10.0. The molecule has 5 nitrogen and oxygen atoms in total. The van der Waals surface area contributed by atoms with E-state index in [0.29, 0.717) is 16.3 Å². The number of rotatable bonds is 3. The molecule has 2 N–H and O–H groups in total. The Hall–Kier alpha value is -1.80. The van der Waals surface area contributed by atoms with Crippen molar-refractivity contribution in [2.24, 2.45) is 0 Å². The molecule has 0 aliphatic rings. The Bertz CT molecular complexity index is 765. The van der Waals surface area contributed by atoms with Crippen molar-refractivity contribution >= 4 is 46.0 Å². The van der Waals surface area contributed by atoms with Gasteiger partial charge in [-0.25, -0.2) is 0 Å². The molecule has 0 spiro atoms. The van der Waals surface area contributed by atoms with Crippen molar-refractivity contribution in [2.75, 3.05) is 7.11 Å². The molecule has 0 aliphatic carbocycles. The van der Waals surface area contributed by atoms with E-state index in [0.717, 1.165) is 9.13 Å². The molecule has 0 saturated heterocycles. The zero-order valence-electron chi connectivity index (χ0n) is 12.4. The van der Waals surface area contributed by atoms with Crippen molar-refractivity contribution in [3.8, 4) is 5.75 Å². The number of benzene rings is 2. The Morgan fingerprint density at radius 2 is 1.74 bits per heavy atom. The molecule has 0 fully saturated rings. The van der Waals surface area contributed by atoms with Crippen molar-refractivity contribution in [1.82, 2.24) is 10.9 Å². The van der Waals surface area contributed by atoms with Gasteiger partial charge in [0.15, 0.2) is 0 Å². The lowest BCUT2D eigenvalue weighted by molar-refractivity contribution is 0.0844. The van der Waals surface area contributed by atoms with Gasteiger partial charge in [0.25, 0.3) is 11.8 Å². The summed E-state index contributed by atoms with van der Waals surface area (Å²) in [6.45, 7) is 1.91. The highest BCUT2D eigenvalue weighted by atomic mass is 127. The van der Waals surface area contributed by atoms with Gasteiger partial charge in [0.05, 0.1) is 18.2 Å². The van der Waals surface area contributed by atoms with Gasteiger partial charge in [-0.3, -0.25) is 20.4 Å². The van der Waals surface area contributed by atoms with Gasteiger partial charge < -0.3 is 4.74 Å². The van der Waals surface area contributed by atoms with Gasteiger partial charge in [0.2, 0.25) is 0 Å². The zero-order chi connectivity index (χ0) is 17.0. The number of aryl methyl sites for hydroxylation is 1. The molecule has 0 unspecified atom stereocenters. The number of carbonyl (C=O) groups excluding carboxylic acids is 2. The lowest BCUT2D eigenvalue weighted by Gasteiger charge is -2.12. The summed E-state index contributed by atoms with van der Waals surface area (Å²) in [5.41, 5.74) is 6.53. The maximum atomic E-state index is 12.2. The van der Waals surface area contributed by atoms with Crippen LogP contribution in [0.2, 0.25) is 5.02 Å². The lowest BCUT2D eigenvalue weighted by atomic mass is 10.1. The van der Waals surface area contributed by atoms with Gasteiger partial charge in [-0.15, -0.1) is 0 Å². The SMILES string of the molecule is COc1cc(Cl)ccc1C(=O)NNC(=O)c1cccc(C)c1I. The van der Waals surface area contributed by atoms with Crippen LogP contribution in [0, 0.1) is 10.5 Å². The van der Waals surface area contributed by atoms with Crippen LogP contribution in [-0.2, 0) is 0 Å². The molecule has 2 aromatic rings. The maximum Gasteiger partial charge on any atom is 0.273 e. The van der Waals surface area contributed by atoms with Crippen molar-refractivity contribution in [3.63, 3.8) is 0 Å². The summed E-state index contributed by atoms with van der Waals surface area (Å²) < 4.78 is 5.95. The number of halogens is 2. The molecule has 23 heavy (non-hydrogen) atoms. The third kappa shape index (κ3) is 4.14. The van der Waals surface area contributed by atoms with E-state index in [-0.39, 0.29) is 11.5 Å². The number of hydrogen-bond donors (Lipinski definition) is 2. The molecule has 0 bridgehead atoms. The number of methoxy groups -OCH3 is 1. The number of nitrogens with one attached hydrogen (secondary N) is 2. The predicted octanol–water partition coefficient (Wildman–Crippen LogP) is 3.34. The van der Waals surface area contributed by atoms with Gasteiger partial charge in [-0.2, -0.15) is 0 Å². The normalized spacial score (nSPS) is 10.1. The van der Waals surface area contributed by atoms with Crippen LogP contribution >= 0.6 is 34.2 Å². The largest absolute Gasteiger partial charge is 0.496 e. The quantitative estimate of drug-likeness (QED) is 0.564. The van der Waals surface area contributed by atoms with Crippen LogP contribution in [0.5, 0.6) is 5.75 Å². The molecule has 2 amide bonds. The van der Waals surface area contributed by atoms with Crippen LogP contribution < -0.4 is 15.6 Å². The monoisotopic (exact) mass is 444 g/mol. The van der Waals surface area contributed by atoms with Crippen molar-refractivity contribution in [3.05, 3.63) is 61.7 Å². The first kappa shape index (κ1) is 17.6. The summed E-state index contributed by atoms with van der Waals surface area (Å²) in [5.74, 6) is -0.553. The number of amides is 2. The average Bonchev–Trinajstić information content (AvgIpc) is 2.54. The van der Waals surface area contributed by atoms with Crippen LogP contribution in [0.25, 0.3) is 0 Å². The first-order valence-corrected chi connectivity index (χ1v) is 8.09. The average molecular weight is 445 g/mol. The Balaban J connectivity index is 2.10. The Morgan fingerprint density at radius 1 is 1.09 bits per heavy atom. The van der Waals surface area contributed by atoms with Gasteiger partial charge in [0, 0.05) is 8.59 Å². The van der Waals surface area contributed by atoms with Gasteiger partial charge in [-0.1, -0.05) is 23.7 Å². The molecule has 7 heteroatoms. The second-order valence-electron chi connectivity index (χ2n) is 4.69. The zero-order valence-corrected chi connectivity index (χ0v) is 15.4. The lowest BCUT2D eigenvalue weighted by Crippen LogP contribution is -2.42. The summed E-state index contributed by atoms with van der Waals surface area (Å²) >= 11 is 7.95. The van der Waals surface area contributed by atoms with Crippen molar-refractivity contribution < 1.29 is 14.3 Å². The summed E-state index contributed by atoms with van der Waals surface area (Å²) in [4.78, 5) is 24.4. The molecule has 2 rings (SSSR count). The van der Waals surface area contributed by atoms with E-state index in [2.05, 4.69) is 33.4 Å². The van der Waals surface area contributed by atoms with Gasteiger partial charge >= 0.3 is 0 Å². The predicted molar refractivity (Wildman–Crippen MR) is 96.8 cm³/mol. The smallest absolute Gasteiger partial charge is 0.273 e. The highest BCUT2D eigenvalue weighted by Crippen LogP contribution is 2.23. The Morgan fingerprint density at radius 3 is 2.39 bits per heavy atom. The third-order valence-electron chi connectivity index (χ3n) is 3.13. The topological polar surface area (TPSA) is 67.4 Å². The standard InChI is InChI=1S/C16H14ClIN2O3/c1-9-4-3-5-12(14(9)18)16(22)20-19-15(21)11-7-6-10(17)8-13(11)23-2/h3-8H,1-2H3,(H,19,21)(H,20,22). The second kappa shape index (κ2) is 7.65. The van der Waals surface area contributed by atoms with E-state index >= 15 is 0 Å². The number of hydrogen-bond acceptors (Lipinski definition) is 3. The fourth-order valence-electron chi connectivity index (χ4n) is 1.92. The first-order valence-electron chi connectivity index (χ1n) is 6.63. The third-order valence-corrected chi connectivity index (χ3v) is 4.80. The molecule has 0 heterocycles. The fourth-order valence-corrected chi connectivity index (χ4v) is 2.69. The van der Waals surface area contributed by atoms with Crippen molar-refractivity contribution in [2.45, 2.75) is 6.92 Å².